The van der Waals surface area contributed by atoms with Gasteiger partial charge in [-0.25, -0.2) is 9.97 Å². The molecule has 0 saturated heterocycles. The molecule has 2 N–H and O–H groups in total. The van der Waals surface area contributed by atoms with Gasteiger partial charge < -0.3 is 20.1 Å². The highest BCUT2D eigenvalue weighted by Gasteiger charge is 2.15. The molecule has 0 fully saturated rings. The number of hydrogen-bond acceptors (Lipinski definition) is 6. The zero-order chi connectivity index (χ0) is 18.6. The number of anilines is 2. The first-order valence-electron chi connectivity index (χ1n) is 8.54. The molecule has 1 atom stereocenters. The summed E-state index contributed by atoms with van der Waals surface area (Å²) in [6, 6.07) is 16.7. The fourth-order valence-electron chi connectivity index (χ4n) is 2.74. The van der Waals surface area contributed by atoms with E-state index in [0.29, 0.717) is 17.4 Å². The maximum absolute atomic E-state index is 12.5. The zero-order valence-electron chi connectivity index (χ0n) is 14.7. The average molecular weight is 362 g/mol. The molecule has 3 aromatic rings. The molecule has 1 amide bonds. The number of fused-ring (bicyclic) bond motifs is 1. The molecule has 7 nitrogen and oxygen atoms in total. The molecule has 2 heterocycles. The summed E-state index contributed by atoms with van der Waals surface area (Å²) in [6.45, 7) is 2.14. The molecule has 1 unspecified atom stereocenters. The maximum atomic E-state index is 12.5. The third-order valence-corrected chi connectivity index (χ3v) is 4.16. The quantitative estimate of drug-likeness (QED) is 0.723. The van der Waals surface area contributed by atoms with Gasteiger partial charge in [-0.3, -0.25) is 4.79 Å². The lowest BCUT2D eigenvalue weighted by Crippen LogP contribution is -2.27. The van der Waals surface area contributed by atoms with Crippen LogP contribution in [0.4, 0.5) is 11.6 Å². The summed E-state index contributed by atoms with van der Waals surface area (Å²) >= 11 is 0. The molecule has 0 saturated carbocycles. The van der Waals surface area contributed by atoms with E-state index in [0.717, 1.165) is 11.3 Å². The van der Waals surface area contributed by atoms with E-state index in [-0.39, 0.29) is 24.4 Å². The molecule has 1 aliphatic heterocycles. The highest BCUT2D eigenvalue weighted by molar-refractivity contribution is 5.92. The Morgan fingerprint density at radius 3 is 2.74 bits per heavy atom. The number of aromatic nitrogens is 2. The number of benzene rings is 2. The number of nitrogens with zero attached hydrogens (tertiary/aromatic N) is 2. The summed E-state index contributed by atoms with van der Waals surface area (Å²) in [5, 5.41) is 6.02. The van der Waals surface area contributed by atoms with Crippen molar-refractivity contribution in [2.24, 2.45) is 0 Å². The van der Waals surface area contributed by atoms with Gasteiger partial charge in [-0.2, -0.15) is 0 Å². The Morgan fingerprint density at radius 2 is 1.89 bits per heavy atom. The zero-order valence-corrected chi connectivity index (χ0v) is 14.7. The van der Waals surface area contributed by atoms with Crippen LogP contribution in [0.15, 0.2) is 60.8 Å². The van der Waals surface area contributed by atoms with Gasteiger partial charge in [0.2, 0.25) is 12.7 Å². The van der Waals surface area contributed by atoms with Crippen LogP contribution < -0.4 is 20.1 Å². The first-order valence-corrected chi connectivity index (χ1v) is 8.54. The summed E-state index contributed by atoms with van der Waals surface area (Å²) in [5.41, 5.74) is 2.06. The Bertz CT molecular complexity index is 962. The van der Waals surface area contributed by atoms with E-state index in [1.165, 1.54) is 0 Å². The highest BCUT2D eigenvalue weighted by Crippen LogP contribution is 2.34. The number of amides is 1. The molecule has 0 aliphatic carbocycles. The number of carbonyl (C=O) groups is 1. The second kappa shape index (κ2) is 7.33. The van der Waals surface area contributed by atoms with Crippen molar-refractivity contribution in [3.63, 3.8) is 0 Å². The second-order valence-electron chi connectivity index (χ2n) is 6.06. The van der Waals surface area contributed by atoms with Gasteiger partial charge >= 0.3 is 0 Å². The minimum absolute atomic E-state index is 0.126. The van der Waals surface area contributed by atoms with Gasteiger partial charge in [-0.05, 0) is 30.7 Å². The van der Waals surface area contributed by atoms with Gasteiger partial charge in [-0.15, -0.1) is 0 Å². The predicted molar refractivity (Wildman–Crippen MR) is 100 cm³/mol. The number of ether oxygens (including phenoxy) is 2. The van der Waals surface area contributed by atoms with Crippen LogP contribution in [0.1, 0.15) is 29.0 Å². The molecule has 7 heteroatoms. The summed E-state index contributed by atoms with van der Waals surface area (Å²) in [7, 11) is 0. The van der Waals surface area contributed by atoms with Gasteiger partial charge in [0, 0.05) is 18.0 Å². The van der Waals surface area contributed by atoms with Crippen molar-refractivity contribution in [3.05, 3.63) is 72.1 Å². The van der Waals surface area contributed by atoms with Crippen LogP contribution in [-0.2, 0) is 0 Å². The molecule has 0 bridgehead atoms. The lowest BCUT2D eigenvalue weighted by molar-refractivity contribution is 0.0935. The SMILES string of the molecule is CC(NC(=O)c1ccnc(Nc2ccc3c(c2)OCO3)n1)c1ccccc1. The van der Waals surface area contributed by atoms with Gasteiger partial charge in [0.05, 0.1) is 6.04 Å². The van der Waals surface area contributed by atoms with E-state index in [4.69, 9.17) is 9.47 Å². The van der Waals surface area contributed by atoms with E-state index in [9.17, 15) is 4.79 Å². The second-order valence-corrected chi connectivity index (χ2v) is 6.06. The number of nitrogens with one attached hydrogen (secondary N) is 2. The maximum Gasteiger partial charge on any atom is 0.270 e. The largest absolute Gasteiger partial charge is 0.454 e. The molecular weight excluding hydrogens is 344 g/mol. The molecular formula is C20H18N4O3. The number of hydrogen-bond donors (Lipinski definition) is 2. The Balaban J connectivity index is 1.46. The Hall–Kier alpha value is -3.61. The van der Waals surface area contributed by atoms with Crippen LogP contribution >= 0.6 is 0 Å². The van der Waals surface area contributed by atoms with Gasteiger partial charge in [0.15, 0.2) is 11.5 Å². The van der Waals surface area contributed by atoms with E-state index in [2.05, 4.69) is 20.6 Å². The lowest BCUT2D eigenvalue weighted by Gasteiger charge is -2.14. The van der Waals surface area contributed by atoms with E-state index < -0.39 is 0 Å². The highest BCUT2D eigenvalue weighted by atomic mass is 16.7. The third-order valence-electron chi connectivity index (χ3n) is 4.16. The first kappa shape index (κ1) is 16.8. The van der Waals surface area contributed by atoms with Crippen molar-refractivity contribution in [2.75, 3.05) is 12.1 Å². The summed E-state index contributed by atoms with van der Waals surface area (Å²) in [6.07, 6.45) is 1.55. The fraction of sp³-hybridized carbons (Fsp3) is 0.150. The van der Waals surface area contributed by atoms with Crippen LogP contribution in [0.25, 0.3) is 0 Å². The molecule has 2 aromatic carbocycles. The van der Waals surface area contributed by atoms with E-state index >= 15 is 0 Å². The average Bonchev–Trinajstić information content (AvgIpc) is 3.16. The minimum Gasteiger partial charge on any atom is -0.454 e. The van der Waals surface area contributed by atoms with Crippen molar-refractivity contribution in [2.45, 2.75) is 13.0 Å². The predicted octanol–water partition coefficient (Wildman–Crippen LogP) is 3.44. The minimum atomic E-state index is -0.262. The van der Waals surface area contributed by atoms with Crippen molar-refractivity contribution < 1.29 is 14.3 Å². The normalized spacial score (nSPS) is 13.1. The molecule has 1 aromatic heterocycles. The van der Waals surface area contributed by atoms with Gasteiger partial charge in [0.1, 0.15) is 5.69 Å². The molecule has 27 heavy (non-hydrogen) atoms. The van der Waals surface area contributed by atoms with Crippen molar-refractivity contribution in [1.82, 2.24) is 15.3 Å². The Morgan fingerprint density at radius 1 is 1.07 bits per heavy atom. The summed E-state index contributed by atoms with van der Waals surface area (Å²) in [4.78, 5) is 21.0. The van der Waals surface area contributed by atoms with Crippen LogP contribution in [0.5, 0.6) is 11.5 Å². The number of carbonyl (C=O) groups excluding carboxylic acids is 1. The monoisotopic (exact) mass is 362 g/mol. The van der Waals surface area contributed by atoms with Gasteiger partial charge in [0.25, 0.3) is 5.91 Å². The molecule has 0 radical (unpaired) electrons. The van der Waals surface area contributed by atoms with Crippen molar-refractivity contribution >= 4 is 17.5 Å². The summed E-state index contributed by atoms with van der Waals surface area (Å²) < 4.78 is 10.7. The van der Waals surface area contributed by atoms with Crippen LogP contribution in [0, 0.1) is 0 Å². The Labute approximate surface area is 156 Å². The number of rotatable bonds is 5. The molecule has 0 spiro atoms. The lowest BCUT2D eigenvalue weighted by atomic mass is 10.1. The van der Waals surface area contributed by atoms with E-state index in [1.807, 2.05) is 49.4 Å². The molecule has 1 aliphatic rings. The van der Waals surface area contributed by atoms with Crippen LogP contribution in [-0.4, -0.2) is 22.7 Å². The standard InChI is InChI=1S/C20H18N4O3/c1-13(14-5-3-2-4-6-14)22-19(25)16-9-10-21-20(24-16)23-15-7-8-17-18(11-15)27-12-26-17/h2-11,13H,12H2,1H3,(H,22,25)(H,21,23,24). The van der Waals surface area contributed by atoms with Crippen LogP contribution in [0.2, 0.25) is 0 Å². The Kier molecular flexibility index (Phi) is 4.57. The third kappa shape index (κ3) is 3.82. The van der Waals surface area contributed by atoms with Crippen LogP contribution in [0.3, 0.4) is 0 Å². The van der Waals surface area contributed by atoms with Crippen molar-refractivity contribution in [1.29, 1.82) is 0 Å². The van der Waals surface area contributed by atoms with Crippen molar-refractivity contribution in [3.8, 4) is 11.5 Å². The van der Waals surface area contributed by atoms with Gasteiger partial charge in [-0.1, -0.05) is 30.3 Å². The molecule has 4 rings (SSSR count). The smallest absolute Gasteiger partial charge is 0.270 e. The first-order chi connectivity index (χ1) is 13.2. The van der Waals surface area contributed by atoms with E-state index in [1.54, 1.807) is 18.3 Å². The summed E-state index contributed by atoms with van der Waals surface area (Å²) in [5.74, 6) is 1.42. The fourth-order valence-corrected chi connectivity index (χ4v) is 2.74. The topological polar surface area (TPSA) is 85.4 Å². The molecule has 136 valence electrons.